The fraction of sp³-hybridized carbons (Fsp3) is 1.00. The van der Waals surface area contributed by atoms with Gasteiger partial charge in [0.15, 0.2) is 0 Å². The van der Waals surface area contributed by atoms with Crippen LogP contribution in [0.2, 0.25) is 0 Å². The first-order valence-electron chi connectivity index (χ1n) is 4.73. The summed E-state index contributed by atoms with van der Waals surface area (Å²) in [7, 11) is 1.68. The molecule has 0 aromatic heterocycles. The second kappa shape index (κ2) is 3.68. The summed E-state index contributed by atoms with van der Waals surface area (Å²) in [6.07, 6.45) is -5.21. The highest BCUT2D eigenvalue weighted by atomic mass is 19.4. The van der Waals surface area contributed by atoms with Gasteiger partial charge >= 0.3 is 6.18 Å². The molecule has 1 N–H and O–H groups in total. The maximum atomic E-state index is 13.4. The molecule has 5 heteroatoms. The maximum Gasteiger partial charge on any atom is 0.422 e. The van der Waals surface area contributed by atoms with Crippen LogP contribution in [0.4, 0.5) is 17.6 Å². The molecule has 0 aromatic rings. The van der Waals surface area contributed by atoms with Crippen molar-refractivity contribution in [3.05, 3.63) is 0 Å². The molecule has 0 heterocycles. The van der Waals surface area contributed by atoms with E-state index in [1.807, 2.05) is 0 Å². The Morgan fingerprint density at radius 1 is 1.43 bits per heavy atom. The highest BCUT2D eigenvalue weighted by Crippen LogP contribution is 2.49. The zero-order valence-corrected chi connectivity index (χ0v) is 8.29. The lowest BCUT2D eigenvalue weighted by molar-refractivity contribution is -0.228. The average Bonchev–Trinajstić information content (AvgIpc) is 2.47. The summed E-state index contributed by atoms with van der Waals surface area (Å²) in [5.74, 6) is -0.216. The van der Waals surface area contributed by atoms with E-state index in [9.17, 15) is 17.6 Å². The molecule has 84 valence electrons. The van der Waals surface area contributed by atoms with Gasteiger partial charge < -0.3 is 5.32 Å². The summed E-state index contributed by atoms with van der Waals surface area (Å²) >= 11 is 0. The summed E-state index contributed by atoms with van der Waals surface area (Å²) in [5.41, 5.74) is -2.96. The maximum absolute atomic E-state index is 13.4. The molecule has 1 rings (SSSR count). The van der Waals surface area contributed by atoms with E-state index in [0.29, 0.717) is 6.42 Å². The van der Waals surface area contributed by atoms with E-state index in [1.54, 1.807) is 14.0 Å². The lowest BCUT2D eigenvalue weighted by Crippen LogP contribution is -2.39. The van der Waals surface area contributed by atoms with Gasteiger partial charge in [0.25, 0.3) is 0 Å². The molecule has 0 aliphatic heterocycles. The molecule has 0 spiro atoms. The van der Waals surface area contributed by atoms with E-state index in [2.05, 4.69) is 5.32 Å². The monoisotopic (exact) mass is 213 g/mol. The van der Waals surface area contributed by atoms with Crippen molar-refractivity contribution in [2.45, 2.75) is 44.1 Å². The first kappa shape index (κ1) is 11.8. The Hall–Kier alpha value is -0.320. The van der Waals surface area contributed by atoms with Crippen molar-refractivity contribution >= 4 is 0 Å². The Labute approximate surface area is 80.9 Å². The summed E-state index contributed by atoms with van der Waals surface area (Å²) in [6, 6.07) is -0.0602. The zero-order chi connectivity index (χ0) is 11.0. The van der Waals surface area contributed by atoms with E-state index in [4.69, 9.17) is 0 Å². The van der Waals surface area contributed by atoms with Gasteiger partial charge in [0.05, 0.1) is 0 Å². The van der Waals surface area contributed by atoms with Crippen molar-refractivity contribution in [2.24, 2.45) is 5.92 Å². The molecule has 3 atom stereocenters. The van der Waals surface area contributed by atoms with E-state index < -0.39 is 24.7 Å². The molecule has 0 amide bonds. The van der Waals surface area contributed by atoms with Gasteiger partial charge in [-0.25, -0.2) is 4.39 Å². The number of rotatable bonds is 2. The first-order valence-corrected chi connectivity index (χ1v) is 4.73. The van der Waals surface area contributed by atoms with E-state index in [-0.39, 0.29) is 12.0 Å². The molecule has 1 aliphatic rings. The molecular weight excluding hydrogens is 198 g/mol. The standard InChI is InChI=1S/C9H15F4N/c1-6(14-2)7-3-4-8(10,5-7)9(11,12)13/h6-7,14H,3-5H2,1-2H3. The Kier molecular flexibility index (Phi) is 3.09. The van der Waals surface area contributed by atoms with Crippen LogP contribution in [0.5, 0.6) is 0 Å². The highest BCUT2D eigenvalue weighted by molar-refractivity contribution is 4.97. The Morgan fingerprint density at radius 3 is 2.36 bits per heavy atom. The molecule has 1 nitrogen and oxygen atoms in total. The SMILES string of the molecule is CNC(C)C1CCC(F)(C(F)(F)F)C1. The number of nitrogens with one attached hydrogen (secondary N) is 1. The predicted molar refractivity (Wildman–Crippen MR) is 45.8 cm³/mol. The van der Waals surface area contributed by atoms with Crippen LogP contribution in [0.25, 0.3) is 0 Å². The highest BCUT2D eigenvalue weighted by Gasteiger charge is 2.59. The minimum Gasteiger partial charge on any atom is -0.317 e. The summed E-state index contributed by atoms with van der Waals surface area (Å²) in [4.78, 5) is 0. The summed E-state index contributed by atoms with van der Waals surface area (Å²) in [6.45, 7) is 1.78. The van der Waals surface area contributed by atoms with Gasteiger partial charge in [-0.05, 0) is 39.2 Å². The van der Waals surface area contributed by atoms with E-state index in [1.165, 1.54) is 0 Å². The van der Waals surface area contributed by atoms with Crippen molar-refractivity contribution < 1.29 is 17.6 Å². The van der Waals surface area contributed by atoms with Crippen molar-refractivity contribution in [3.8, 4) is 0 Å². The normalized spacial score (nSPS) is 36.0. The van der Waals surface area contributed by atoms with Crippen molar-refractivity contribution in [2.75, 3.05) is 7.05 Å². The van der Waals surface area contributed by atoms with Gasteiger partial charge in [-0.2, -0.15) is 13.2 Å². The second-order valence-electron chi connectivity index (χ2n) is 4.04. The molecule has 0 radical (unpaired) electrons. The number of hydrogen-bond donors (Lipinski definition) is 1. The van der Waals surface area contributed by atoms with Gasteiger partial charge in [-0.1, -0.05) is 0 Å². The van der Waals surface area contributed by atoms with E-state index in [0.717, 1.165) is 0 Å². The molecule has 3 unspecified atom stereocenters. The van der Waals surface area contributed by atoms with Gasteiger partial charge in [-0.3, -0.25) is 0 Å². The van der Waals surface area contributed by atoms with Crippen molar-refractivity contribution in [3.63, 3.8) is 0 Å². The third-order valence-electron chi connectivity index (χ3n) is 3.17. The van der Waals surface area contributed by atoms with Crippen LogP contribution >= 0.6 is 0 Å². The fourth-order valence-corrected chi connectivity index (χ4v) is 1.95. The van der Waals surface area contributed by atoms with Crippen molar-refractivity contribution in [1.29, 1.82) is 0 Å². The molecular formula is C9H15F4N. The van der Waals surface area contributed by atoms with Gasteiger partial charge in [0.1, 0.15) is 0 Å². The lowest BCUT2D eigenvalue weighted by Gasteiger charge is -2.24. The number of hydrogen-bond acceptors (Lipinski definition) is 1. The minimum absolute atomic E-state index is 0.0602. The Bertz CT molecular complexity index is 203. The molecule has 14 heavy (non-hydrogen) atoms. The topological polar surface area (TPSA) is 12.0 Å². The molecule has 0 bridgehead atoms. The predicted octanol–water partition coefficient (Wildman–Crippen LogP) is 2.67. The molecule has 1 fully saturated rings. The van der Waals surface area contributed by atoms with Crippen LogP contribution in [0, 0.1) is 5.92 Å². The molecule has 0 saturated heterocycles. The van der Waals surface area contributed by atoms with Crippen LogP contribution in [0.15, 0.2) is 0 Å². The fourth-order valence-electron chi connectivity index (χ4n) is 1.95. The average molecular weight is 213 g/mol. The second-order valence-corrected chi connectivity index (χ2v) is 4.04. The summed E-state index contributed by atoms with van der Waals surface area (Å²) in [5, 5.41) is 2.86. The lowest BCUT2D eigenvalue weighted by atomic mass is 9.96. The largest absolute Gasteiger partial charge is 0.422 e. The quantitative estimate of drug-likeness (QED) is 0.695. The third kappa shape index (κ3) is 2.02. The number of alkyl halides is 4. The zero-order valence-electron chi connectivity index (χ0n) is 8.29. The van der Waals surface area contributed by atoms with Gasteiger partial charge in [0.2, 0.25) is 5.67 Å². The minimum atomic E-state index is -4.71. The third-order valence-corrected chi connectivity index (χ3v) is 3.17. The Balaban J connectivity index is 2.64. The van der Waals surface area contributed by atoms with Gasteiger partial charge in [-0.15, -0.1) is 0 Å². The van der Waals surface area contributed by atoms with Crippen LogP contribution in [0.3, 0.4) is 0 Å². The molecule has 1 aliphatic carbocycles. The smallest absolute Gasteiger partial charge is 0.317 e. The molecule has 0 aromatic carbocycles. The van der Waals surface area contributed by atoms with Crippen LogP contribution in [-0.4, -0.2) is 24.9 Å². The van der Waals surface area contributed by atoms with Gasteiger partial charge in [0, 0.05) is 6.04 Å². The van der Waals surface area contributed by atoms with Crippen LogP contribution < -0.4 is 5.32 Å². The van der Waals surface area contributed by atoms with Crippen LogP contribution in [0.1, 0.15) is 26.2 Å². The Morgan fingerprint density at radius 2 is 2.00 bits per heavy atom. The van der Waals surface area contributed by atoms with Crippen LogP contribution in [-0.2, 0) is 0 Å². The van der Waals surface area contributed by atoms with E-state index >= 15 is 0 Å². The van der Waals surface area contributed by atoms with Crippen molar-refractivity contribution in [1.82, 2.24) is 5.32 Å². The summed E-state index contributed by atoms with van der Waals surface area (Å²) < 4.78 is 50.3. The number of halogens is 4. The first-order chi connectivity index (χ1) is 6.30. The molecule has 1 saturated carbocycles.